The smallest absolute Gasteiger partial charge is 0.242 e. The van der Waals surface area contributed by atoms with Crippen molar-refractivity contribution in [1.82, 2.24) is 14.4 Å². The third-order valence-corrected chi connectivity index (χ3v) is 6.30. The molecule has 0 radical (unpaired) electrons. The van der Waals surface area contributed by atoms with Gasteiger partial charge >= 0.3 is 0 Å². The molecule has 1 aromatic carbocycles. The van der Waals surface area contributed by atoms with Gasteiger partial charge in [0.1, 0.15) is 6.54 Å². The SMILES string of the molecule is CC(=O)N1CC2CN(C(=O)Cn3cccc3)CC2(CCc2ccccc2)C1. The van der Waals surface area contributed by atoms with Crippen LogP contribution in [0.1, 0.15) is 18.9 Å². The predicted molar refractivity (Wildman–Crippen MR) is 104 cm³/mol. The van der Waals surface area contributed by atoms with E-state index in [-0.39, 0.29) is 17.2 Å². The number of carbonyl (C=O) groups excluding carboxylic acids is 2. The van der Waals surface area contributed by atoms with Crippen molar-refractivity contribution in [2.24, 2.45) is 11.3 Å². The van der Waals surface area contributed by atoms with E-state index in [9.17, 15) is 9.59 Å². The number of aromatic nitrogens is 1. The maximum absolute atomic E-state index is 12.8. The molecule has 2 saturated heterocycles. The van der Waals surface area contributed by atoms with Crippen LogP contribution >= 0.6 is 0 Å². The maximum atomic E-state index is 12.8. The zero-order valence-corrected chi connectivity index (χ0v) is 15.9. The fourth-order valence-electron chi connectivity index (χ4n) is 4.74. The van der Waals surface area contributed by atoms with Gasteiger partial charge < -0.3 is 14.4 Å². The lowest BCUT2D eigenvalue weighted by molar-refractivity contribution is -0.131. The van der Waals surface area contributed by atoms with Crippen molar-refractivity contribution >= 4 is 11.8 Å². The van der Waals surface area contributed by atoms with E-state index in [0.717, 1.165) is 39.0 Å². The lowest BCUT2D eigenvalue weighted by Crippen LogP contribution is -2.39. The molecule has 0 N–H and O–H groups in total. The maximum Gasteiger partial charge on any atom is 0.242 e. The molecule has 2 fully saturated rings. The summed E-state index contributed by atoms with van der Waals surface area (Å²) in [6.07, 6.45) is 5.86. The number of hydrogen-bond acceptors (Lipinski definition) is 2. The first-order valence-electron chi connectivity index (χ1n) is 9.74. The van der Waals surface area contributed by atoms with E-state index in [2.05, 4.69) is 24.3 Å². The van der Waals surface area contributed by atoms with Crippen LogP contribution in [0.5, 0.6) is 0 Å². The summed E-state index contributed by atoms with van der Waals surface area (Å²) < 4.78 is 1.93. The molecule has 27 heavy (non-hydrogen) atoms. The Bertz CT molecular complexity index is 802. The van der Waals surface area contributed by atoms with Gasteiger partial charge in [0.15, 0.2) is 0 Å². The molecule has 2 aromatic rings. The molecule has 1 aromatic heterocycles. The van der Waals surface area contributed by atoms with Gasteiger partial charge in [0.25, 0.3) is 0 Å². The molecule has 2 unspecified atom stereocenters. The molecule has 0 aliphatic carbocycles. The molecular weight excluding hydrogens is 338 g/mol. The number of amides is 2. The molecular formula is C22H27N3O2. The molecule has 2 aliphatic rings. The number of nitrogens with zero attached hydrogens (tertiary/aromatic N) is 3. The molecule has 0 spiro atoms. The average Bonchev–Trinajstić information content (AvgIpc) is 3.35. The molecule has 5 nitrogen and oxygen atoms in total. The highest BCUT2D eigenvalue weighted by molar-refractivity contribution is 5.77. The molecule has 0 saturated carbocycles. The number of fused-ring (bicyclic) bond motifs is 1. The second kappa shape index (κ2) is 7.22. The van der Waals surface area contributed by atoms with Gasteiger partial charge in [0.05, 0.1) is 0 Å². The van der Waals surface area contributed by atoms with Crippen molar-refractivity contribution in [3.63, 3.8) is 0 Å². The summed E-state index contributed by atoms with van der Waals surface area (Å²) in [4.78, 5) is 28.8. The summed E-state index contributed by atoms with van der Waals surface area (Å²) in [5.74, 6) is 0.696. The minimum absolute atomic E-state index is 0.0217. The summed E-state index contributed by atoms with van der Waals surface area (Å²) in [5.41, 5.74) is 1.34. The normalized spacial score (nSPS) is 24.3. The Morgan fingerprint density at radius 2 is 1.67 bits per heavy atom. The number of benzene rings is 1. The fraction of sp³-hybridized carbons (Fsp3) is 0.455. The zero-order chi connectivity index (χ0) is 18.9. The van der Waals surface area contributed by atoms with Crippen molar-refractivity contribution < 1.29 is 9.59 Å². The van der Waals surface area contributed by atoms with Gasteiger partial charge in [-0.05, 0) is 30.5 Å². The average molecular weight is 365 g/mol. The van der Waals surface area contributed by atoms with Crippen LogP contribution in [0.15, 0.2) is 54.9 Å². The topological polar surface area (TPSA) is 45.6 Å². The second-order valence-electron chi connectivity index (χ2n) is 8.07. The second-order valence-corrected chi connectivity index (χ2v) is 8.07. The predicted octanol–water partition coefficient (Wildman–Crippen LogP) is 2.43. The summed E-state index contributed by atoms with van der Waals surface area (Å²) in [5, 5.41) is 0. The molecule has 142 valence electrons. The van der Waals surface area contributed by atoms with Crippen LogP contribution in [0.25, 0.3) is 0 Å². The highest BCUT2D eigenvalue weighted by atomic mass is 16.2. The largest absolute Gasteiger partial charge is 0.345 e. The lowest BCUT2D eigenvalue weighted by Gasteiger charge is -2.29. The molecule has 2 atom stereocenters. The lowest BCUT2D eigenvalue weighted by atomic mass is 9.76. The van der Waals surface area contributed by atoms with Crippen molar-refractivity contribution in [2.75, 3.05) is 26.2 Å². The van der Waals surface area contributed by atoms with Gasteiger partial charge in [-0.1, -0.05) is 30.3 Å². The van der Waals surface area contributed by atoms with Crippen LogP contribution < -0.4 is 0 Å². The van der Waals surface area contributed by atoms with Gasteiger partial charge in [0.2, 0.25) is 11.8 Å². The highest BCUT2D eigenvalue weighted by Gasteiger charge is 2.53. The van der Waals surface area contributed by atoms with E-state index < -0.39 is 0 Å². The number of likely N-dealkylation sites (tertiary alicyclic amines) is 2. The Morgan fingerprint density at radius 1 is 1.00 bits per heavy atom. The summed E-state index contributed by atoms with van der Waals surface area (Å²) >= 11 is 0. The van der Waals surface area contributed by atoms with Crippen LogP contribution in [0.2, 0.25) is 0 Å². The Balaban J connectivity index is 1.48. The standard InChI is InChI=1S/C22H27N3O2/c1-18(26)24-13-20-14-25(21(27)15-23-11-5-6-12-23)17-22(20,16-24)10-9-19-7-3-2-4-8-19/h2-8,11-12,20H,9-10,13-17H2,1H3. The minimum atomic E-state index is 0.0217. The van der Waals surface area contributed by atoms with E-state index in [1.165, 1.54) is 5.56 Å². The van der Waals surface area contributed by atoms with Crippen LogP contribution in [0.3, 0.4) is 0 Å². The van der Waals surface area contributed by atoms with Crippen molar-refractivity contribution in [3.05, 3.63) is 60.4 Å². The third-order valence-electron chi connectivity index (χ3n) is 6.30. The van der Waals surface area contributed by atoms with Crippen LogP contribution in [-0.2, 0) is 22.6 Å². The first-order valence-corrected chi connectivity index (χ1v) is 9.74. The molecule has 2 aliphatic heterocycles. The number of carbonyl (C=O) groups is 2. The van der Waals surface area contributed by atoms with E-state index in [1.807, 2.05) is 45.0 Å². The van der Waals surface area contributed by atoms with Gasteiger partial charge in [0, 0.05) is 56.8 Å². The molecule has 5 heteroatoms. The number of aryl methyl sites for hydroxylation is 1. The monoisotopic (exact) mass is 365 g/mol. The Hall–Kier alpha value is -2.56. The van der Waals surface area contributed by atoms with Gasteiger partial charge in [-0.25, -0.2) is 0 Å². The van der Waals surface area contributed by atoms with Gasteiger partial charge in [-0.3, -0.25) is 9.59 Å². The van der Waals surface area contributed by atoms with E-state index in [1.54, 1.807) is 6.92 Å². The van der Waals surface area contributed by atoms with E-state index in [0.29, 0.717) is 12.5 Å². The van der Waals surface area contributed by atoms with Crippen LogP contribution in [-0.4, -0.2) is 52.4 Å². The summed E-state index contributed by atoms with van der Waals surface area (Å²) in [6, 6.07) is 14.4. The molecule has 0 bridgehead atoms. The Morgan fingerprint density at radius 3 is 2.37 bits per heavy atom. The minimum Gasteiger partial charge on any atom is -0.345 e. The van der Waals surface area contributed by atoms with Gasteiger partial charge in [-0.15, -0.1) is 0 Å². The Kier molecular flexibility index (Phi) is 4.77. The molecule has 3 heterocycles. The van der Waals surface area contributed by atoms with Crippen molar-refractivity contribution in [2.45, 2.75) is 26.3 Å². The van der Waals surface area contributed by atoms with Crippen molar-refractivity contribution in [1.29, 1.82) is 0 Å². The summed E-state index contributed by atoms with van der Waals surface area (Å²) in [6.45, 7) is 5.11. The molecule has 2 amide bonds. The summed E-state index contributed by atoms with van der Waals surface area (Å²) in [7, 11) is 0. The first kappa shape index (κ1) is 17.8. The highest BCUT2D eigenvalue weighted by Crippen LogP contribution is 2.46. The van der Waals surface area contributed by atoms with E-state index >= 15 is 0 Å². The quantitative estimate of drug-likeness (QED) is 0.817. The fourth-order valence-corrected chi connectivity index (χ4v) is 4.74. The van der Waals surface area contributed by atoms with Crippen LogP contribution in [0, 0.1) is 11.3 Å². The first-order chi connectivity index (χ1) is 13.1. The molecule has 4 rings (SSSR count). The van der Waals surface area contributed by atoms with Crippen molar-refractivity contribution in [3.8, 4) is 0 Å². The van der Waals surface area contributed by atoms with Crippen LogP contribution in [0.4, 0.5) is 0 Å². The van der Waals surface area contributed by atoms with E-state index in [4.69, 9.17) is 0 Å². The zero-order valence-electron chi connectivity index (χ0n) is 15.9. The number of rotatable bonds is 5. The third kappa shape index (κ3) is 3.64. The van der Waals surface area contributed by atoms with Gasteiger partial charge in [-0.2, -0.15) is 0 Å². The Labute approximate surface area is 160 Å². The number of hydrogen-bond donors (Lipinski definition) is 0.